The second-order valence-corrected chi connectivity index (χ2v) is 1.51. The normalized spacial score (nSPS) is 7.78. The van der Waals surface area contributed by atoms with E-state index in [-0.39, 0.29) is 11.5 Å². The van der Waals surface area contributed by atoms with Crippen LogP contribution in [0.25, 0.3) is 0 Å². The fourth-order valence-corrected chi connectivity index (χ4v) is 0.535. The van der Waals surface area contributed by atoms with Gasteiger partial charge < -0.3 is 16.1 Å². The van der Waals surface area contributed by atoms with Crippen LogP contribution in [0.4, 0.5) is 4.79 Å². The Balaban J connectivity index is 0. The van der Waals surface area contributed by atoms with E-state index in [9.17, 15) is 4.79 Å². The van der Waals surface area contributed by atoms with Gasteiger partial charge in [-0.1, -0.05) is 0 Å². The van der Waals surface area contributed by atoms with Crippen molar-refractivity contribution in [2.45, 2.75) is 13.8 Å². The van der Waals surface area contributed by atoms with Crippen LogP contribution in [0.15, 0.2) is 0 Å². The number of amides is 2. The summed E-state index contributed by atoms with van der Waals surface area (Å²) in [6.45, 7) is 5.19. The maximum absolute atomic E-state index is 10.3. The highest BCUT2D eigenvalue weighted by atomic mass is 16.2. The van der Waals surface area contributed by atoms with E-state index in [4.69, 9.17) is 5.73 Å². The summed E-state index contributed by atoms with van der Waals surface area (Å²) in [7, 11) is 0. The molecular formula is C5H14N2O2. The minimum Gasteiger partial charge on any atom is -0.412 e. The molecule has 0 aliphatic heterocycles. The summed E-state index contributed by atoms with van der Waals surface area (Å²) in [5.41, 5.74) is 4.94. The predicted molar refractivity (Wildman–Crippen MR) is 36.1 cm³/mol. The lowest BCUT2D eigenvalue weighted by Gasteiger charge is -2.13. The maximum Gasteiger partial charge on any atom is 0.314 e. The summed E-state index contributed by atoms with van der Waals surface area (Å²) >= 11 is 0. The van der Waals surface area contributed by atoms with Gasteiger partial charge in [0, 0.05) is 13.1 Å². The Hall–Kier alpha value is -0.770. The lowest BCUT2D eigenvalue weighted by Crippen LogP contribution is -2.35. The van der Waals surface area contributed by atoms with Crippen molar-refractivity contribution in [1.29, 1.82) is 0 Å². The smallest absolute Gasteiger partial charge is 0.314 e. The molecule has 0 heterocycles. The number of carbonyl (C=O) groups is 1. The van der Waals surface area contributed by atoms with Crippen LogP contribution < -0.4 is 5.73 Å². The van der Waals surface area contributed by atoms with Gasteiger partial charge in [0.25, 0.3) is 0 Å². The van der Waals surface area contributed by atoms with Crippen molar-refractivity contribution in [2.75, 3.05) is 13.1 Å². The summed E-state index contributed by atoms with van der Waals surface area (Å²) in [4.78, 5) is 11.9. The molecule has 0 aliphatic rings. The highest BCUT2D eigenvalue weighted by Gasteiger charge is 2.00. The van der Waals surface area contributed by atoms with E-state index in [1.807, 2.05) is 13.8 Å². The average molecular weight is 134 g/mol. The molecule has 0 spiro atoms. The van der Waals surface area contributed by atoms with E-state index < -0.39 is 0 Å². The molecule has 0 aromatic heterocycles. The Morgan fingerprint density at radius 2 is 1.78 bits per heavy atom. The predicted octanol–water partition coefficient (Wildman–Crippen LogP) is -0.418. The van der Waals surface area contributed by atoms with Gasteiger partial charge in [0.05, 0.1) is 0 Å². The fourth-order valence-electron chi connectivity index (χ4n) is 0.535. The Labute approximate surface area is 54.9 Å². The molecule has 4 nitrogen and oxygen atoms in total. The molecule has 2 amide bonds. The molecule has 0 radical (unpaired) electrons. The van der Waals surface area contributed by atoms with Crippen molar-refractivity contribution in [3.05, 3.63) is 0 Å². The van der Waals surface area contributed by atoms with E-state index >= 15 is 0 Å². The lowest BCUT2D eigenvalue weighted by molar-refractivity contribution is 0.213. The molecule has 0 bridgehead atoms. The van der Waals surface area contributed by atoms with Crippen LogP contribution in [-0.4, -0.2) is 29.5 Å². The second kappa shape index (κ2) is 5.37. The molecule has 0 unspecified atom stereocenters. The first-order valence-corrected chi connectivity index (χ1v) is 2.76. The molecule has 0 aromatic rings. The molecule has 0 saturated heterocycles. The summed E-state index contributed by atoms with van der Waals surface area (Å²) < 4.78 is 0. The Morgan fingerprint density at radius 1 is 1.44 bits per heavy atom. The van der Waals surface area contributed by atoms with Gasteiger partial charge in [0.15, 0.2) is 0 Å². The van der Waals surface area contributed by atoms with E-state index in [1.54, 1.807) is 4.90 Å². The molecule has 9 heavy (non-hydrogen) atoms. The molecule has 0 aliphatic carbocycles. The van der Waals surface area contributed by atoms with Crippen LogP contribution in [-0.2, 0) is 0 Å². The zero-order valence-corrected chi connectivity index (χ0v) is 5.85. The summed E-state index contributed by atoms with van der Waals surface area (Å²) in [6, 6.07) is -0.338. The SMILES string of the molecule is CCN(CC)C(N)=O.O. The number of nitrogens with two attached hydrogens (primary N) is 1. The summed E-state index contributed by atoms with van der Waals surface area (Å²) in [6.07, 6.45) is 0. The Bertz CT molecular complexity index is 81.0. The fraction of sp³-hybridized carbons (Fsp3) is 0.800. The molecule has 0 fully saturated rings. The van der Waals surface area contributed by atoms with Crippen LogP contribution in [0.3, 0.4) is 0 Å². The summed E-state index contributed by atoms with van der Waals surface area (Å²) in [5.74, 6) is 0. The monoisotopic (exact) mass is 134 g/mol. The van der Waals surface area contributed by atoms with Crippen molar-refractivity contribution in [2.24, 2.45) is 5.73 Å². The lowest BCUT2D eigenvalue weighted by atomic mass is 10.5. The minimum absolute atomic E-state index is 0. The maximum atomic E-state index is 10.3. The van der Waals surface area contributed by atoms with Gasteiger partial charge in [-0.25, -0.2) is 4.79 Å². The largest absolute Gasteiger partial charge is 0.412 e. The van der Waals surface area contributed by atoms with Crippen LogP contribution in [0, 0.1) is 0 Å². The van der Waals surface area contributed by atoms with Crippen molar-refractivity contribution in [3.63, 3.8) is 0 Å². The number of rotatable bonds is 2. The van der Waals surface area contributed by atoms with E-state index in [0.29, 0.717) is 13.1 Å². The van der Waals surface area contributed by atoms with Crippen molar-refractivity contribution in [3.8, 4) is 0 Å². The molecule has 0 aromatic carbocycles. The Morgan fingerprint density at radius 3 is 1.78 bits per heavy atom. The van der Waals surface area contributed by atoms with Gasteiger partial charge in [0.1, 0.15) is 0 Å². The molecule has 0 saturated carbocycles. The molecule has 4 heteroatoms. The number of hydrogen-bond donors (Lipinski definition) is 1. The van der Waals surface area contributed by atoms with Gasteiger partial charge in [-0.15, -0.1) is 0 Å². The third kappa shape index (κ3) is 3.78. The van der Waals surface area contributed by atoms with Crippen LogP contribution in [0.2, 0.25) is 0 Å². The minimum atomic E-state index is -0.338. The molecule has 56 valence electrons. The first-order valence-electron chi connectivity index (χ1n) is 2.76. The standard InChI is InChI=1S/C5H12N2O.H2O/c1-3-7(4-2)5(6)8;/h3-4H2,1-2H3,(H2,6,8);1H2. The number of nitrogens with zero attached hydrogens (tertiary/aromatic N) is 1. The number of carbonyl (C=O) groups excluding carboxylic acids is 1. The first kappa shape index (κ1) is 11.1. The van der Waals surface area contributed by atoms with Crippen LogP contribution >= 0.6 is 0 Å². The second-order valence-electron chi connectivity index (χ2n) is 1.51. The Kier molecular flexibility index (Phi) is 6.61. The zero-order valence-electron chi connectivity index (χ0n) is 5.85. The molecule has 0 rings (SSSR count). The van der Waals surface area contributed by atoms with Crippen molar-refractivity contribution >= 4 is 6.03 Å². The van der Waals surface area contributed by atoms with Gasteiger partial charge >= 0.3 is 6.03 Å². The number of urea groups is 1. The molecule has 4 N–H and O–H groups in total. The number of primary amides is 1. The van der Waals surface area contributed by atoms with Gasteiger partial charge in [-0.2, -0.15) is 0 Å². The summed E-state index contributed by atoms with van der Waals surface area (Å²) in [5, 5.41) is 0. The van der Waals surface area contributed by atoms with Gasteiger partial charge in [-0.05, 0) is 13.8 Å². The van der Waals surface area contributed by atoms with Gasteiger partial charge in [-0.3, -0.25) is 0 Å². The van der Waals surface area contributed by atoms with Gasteiger partial charge in [0.2, 0.25) is 0 Å². The van der Waals surface area contributed by atoms with Crippen molar-refractivity contribution in [1.82, 2.24) is 4.90 Å². The third-order valence-corrected chi connectivity index (χ3v) is 1.08. The molecule has 0 atom stereocenters. The average Bonchev–Trinajstić information content (AvgIpc) is 1.69. The topological polar surface area (TPSA) is 77.8 Å². The molecular weight excluding hydrogens is 120 g/mol. The highest BCUT2D eigenvalue weighted by molar-refractivity contribution is 5.71. The quantitative estimate of drug-likeness (QED) is 0.547. The van der Waals surface area contributed by atoms with Crippen molar-refractivity contribution < 1.29 is 10.3 Å². The van der Waals surface area contributed by atoms with Crippen LogP contribution in [0.5, 0.6) is 0 Å². The number of hydrogen-bond acceptors (Lipinski definition) is 1. The van der Waals surface area contributed by atoms with E-state index in [0.717, 1.165) is 0 Å². The first-order chi connectivity index (χ1) is 3.72. The third-order valence-electron chi connectivity index (χ3n) is 1.08. The zero-order chi connectivity index (χ0) is 6.57. The van der Waals surface area contributed by atoms with Crippen LogP contribution in [0.1, 0.15) is 13.8 Å². The van der Waals surface area contributed by atoms with E-state index in [1.165, 1.54) is 0 Å². The van der Waals surface area contributed by atoms with E-state index in [2.05, 4.69) is 0 Å². The highest BCUT2D eigenvalue weighted by Crippen LogP contribution is 1.82.